The topological polar surface area (TPSA) is 42.9 Å². The molecule has 86 valence electrons. The van der Waals surface area contributed by atoms with E-state index in [1.54, 1.807) is 7.11 Å². The van der Waals surface area contributed by atoms with Gasteiger partial charge in [0.05, 0.1) is 25.9 Å². The molecule has 1 rings (SSSR count). The predicted octanol–water partition coefficient (Wildman–Crippen LogP) is 1.33. The second-order valence-corrected chi connectivity index (χ2v) is 3.79. The normalized spacial score (nSPS) is 19.5. The summed E-state index contributed by atoms with van der Waals surface area (Å²) in [7, 11) is 1.63. The summed E-state index contributed by atoms with van der Waals surface area (Å²) >= 11 is 0. The highest BCUT2D eigenvalue weighted by molar-refractivity contribution is 5.78. The lowest BCUT2D eigenvalue weighted by Gasteiger charge is -2.42. The van der Waals surface area contributed by atoms with Crippen molar-refractivity contribution in [1.29, 1.82) is 0 Å². The minimum Gasteiger partial charge on any atom is -0.484 e. The van der Waals surface area contributed by atoms with E-state index < -0.39 is 0 Å². The molecule has 0 aromatic rings. The summed E-state index contributed by atoms with van der Waals surface area (Å²) < 4.78 is 10.4. The second kappa shape index (κ2) is 5.88. The molecule has 0 unspecified atom stereocenters. The van der Waals surface area contributed by atoms with E-state index in [4.69, 9.17) is 9.47 Å². The van der Waals surface area contributed by atoms with Gasteiger partial charge in [0.2, 0.25) is 0 Å². The first kappa shape index (κ1) is 12.2. The lowest BCUT2D eigenvalue weighted by atomic mass is 9.92. The Kier molecular flexibility index (Phi) is 4.78. The molecule has 1 N–H and O–H groups in total. The lowest BCUT2D eigenvalue weighted by molar-refractivity contribution is -0.0718. The molecule has 0 amide bonds. The molecule has 1 heterocycles. The van der Waals surface area contributed by atoms with Crippen molar-refractivity contribution in [2.24, 2.45) is 4.99 Å². The minimum atomic E-state index is 0.0217. The van der Waals surface area contributed by atoms with E-state index in [0.29, 0.717) is 5.90 Å². The molecule has 1 fully saturated rings. The van der Waals surface area contributed by atoms with Gasteiger partial charge in [0.1, 0.15) is 0 Å². The molecule has 1 saturated heterocycles. The number of rotatable bonds is 6. The monoisotopic (exact) mass is 212 g/mol. The van der Waals surface area contributed by atoms with Gasteiger partial charge in [0.15, 0.2) is 5.90 Å². The van der Waals surface area contributed by atoms with Crippen molar-refractivity contribution in [1.82, 2.24) is 5.32 Å². The molecule has 1 aliphatic heterocycles. The fourth-order valence-electron chi connectivity index (χ4n) is 1.57. The first-order valence-corrected chi connectivity index (χ1v) is 5.30. The van der Waals surface area contributed by atoms with Crippen LogP contribution in [0.1, 0.15) is 19.8 Å². The van der Waals surface area contributed by atoms with Gasteiger partial charge in [-0.2, -0.15) is 0 Å². The molecule has 0 aliphatic carbocycles. The van der Waals surface area contributed by atoms with Crippen LogP contribution in [0.3, 0.4) is 0 Å². The molecular weight excluding hydrogens is 192 g/mol. The minimum absolute atomic E-state index is 0.0217. The number of nitrogens with one attached hydrogen (secondary N) is 1. The van der Waals surface area contributed by atoms with E-state index in [0.717, 1.165) is 32.6 Å². The van der Waals surface area contributed by atoms with Gasteiger partial charge in [-0.15, -0.1) is 0 Å². The van der Waals surface area contributed by atoms with Crippen molar-refractivity contribution in [2.45, 2.75) is 25.3 Å². The van der Waals surface area contributed by atoms with Crippen molar-refractivity contribution in [3.63, 3.8) is 0 Å². The maximum atomic E-state index is 5.26. The van der Waals surface area contributed by atoms with Crippen LogP contribution in [0.4, 0.5) is 0 Å². The zero-order valence-electron chi connectivity index (χ0n) is 9.58. The lowest BCUT2D eigenvalue weighted by Crippen LogP contribution is -2.61. The Balaban J connectivity index is 2.51. The van der Waals surface area contributed by atoms with Gasteiger partial charge in [0, 0.05) is 12.6 Å². The Labute approximate surface area is 91.4 Å². The summed E-state index contributed by atoms with van der Waals surface area (Å²) in [5.41, 5.74) is 0.0217. The molecule has 0 aromatic carbocycles. The Morgan fingerprint density at radius 3 is 2.80 bits per heavy atom. The Morgan fingerprint density at radius 2 is 2.40 bits per heavy atom. The van der Waals surface area contributed by atoms with Crippen molar-refractivity contribution < 1.29 is 9.47 Å². The summed E-state index contributed by atoms with van der Waals surface area (Å²) in [4.78, 5) is 4.08. The molecule has 0 atom stereocenters. The first-order valence-electron chi connectivity index (χ1n) is 5.30. The number of nitrogens with zero attached hydrogens (tertiary/aromatic N) is 1. The van der Waals surface area contributed by atoms with Crippen molar-refractivity contribution in [3.8, 4) is 0 Å². The molecule has 4 heteroatoms. The largest absolute Gasteiger partial charge is 0.484 e. The zero-order valence-corrected chi connectivity index (χ0v) is 9.58. The maximum absolute atomic E-state index is 5.26. The number of aliphatic imine (C=N–C) groups is 1. The quantitative estimate of drug-likeness (QED) is 0.533. The van der Waals surface area contributed by atoms with Crippen LogP contribution in [0.5, 0.6) is 0 Å². The summed E-state index contributed by atoms with van der Waals surface area (Å²) in [6.07, 6.45) is 3.38. The highest BCUT2D eigenvalue weighted by Gasteiger charge is 2.39. The fraction of sp³-hybridized carbons (Fsp3) is 0.727. The third kappa shape index (κ3) is 3.32. The van der Waals surface area contributed by atoms with Crippen LogP contribution in [-0.2, 0) is 9.47 Å². The van der Waals surface area contributed by atoms with Crippen LogP contribution in [0.15, 0.2) is 17.8 Å². The summed E-state index contributed by atoms with van der Waals surface area (Å²) in [6, 6.07) is 0. The molecule has 15 heavy (non-hydrogen) atoms. The summed E-state index contributed by atoms with van der Waals surface area (Å²) in [5, 5.41) is 3.49. The van der Waals surface area contributed by atoms with E-state index in [2.05, 4.69) is 23.8 Å². The molecule has 0 aromatic heterocycles. The van der Waals surface area contributed by atoms with Gasteiger partial charge in [0.25, 0.3) is 0 Å². The third-order valence-corrected chi connectivity index (χ3v) is 2.47. The SMILES string of the molecule is C=CN=C(CC1(NCCC)COC1)OC. The number of ether oxygens (including phenoxy) is 2. The van der Waals surface area contributed by atoms with Crippen molar-refractivity contribution in [2.75, 3.05) is 26.9 Å². The van der Waals surface area contributed by atoms with Crippen LogP contribution >= 0.6 is 0 Å². The standard InChI is InChI=1S/C11H20N2O2/c1-4-6-13-11(8-15-9-11)7-10(14-3)12-5-2/h5,13H,2,4,6-9H2,1,3H3. The van der Waals surface area contributed by atoms with Crippen molar-refractivity contribution in [3.05, 3.63) is 12.8 Å². The Hall–Kier alpha value is -0.870. The van der Waals surface area contributed by atoms with Gasteiger partial charge < -0.3 is 14.8 Å². The average molecular weight is 212 g/mol. The molecule has 0 saturated carbocycles. The maximum Gasteiger partial charge on any atom is 0.189 e. The third-order valence-electron chi connectivity index (χ3n) is 2.47. The Bertz CT molecular complexity index is 235. The van der Waals surface area contributed by atoms with Crippen LogP contribution in [-0.4, -0.2) is 38.3 Å². The van der Waals surface area contributed by atoms with Gasteiger partial charge in [-0.3, -0.25) is 0 Å². The van der Waals surface area contributed by atoms with Gasteiger partial charge in [-0.25, -0.2) is 4.99 Å². The zero-order chi connectivity index (χ0) is 11.1. The molecular formula is C11H20N2O2. The van der Waals surface area contributed by atoms with Crippen LogP contribution < -0.4 is 5.32 Å². The second-order valence-electron chi connectivity index (χ2n) is 3.79. The van der Waals surface area contributed by atoms with Crippen LogP contribution in [0, 0.1) is 0 Å². The molecule has 0 bridgehead atoms. The number of hydrogen-bond acceptors (Lipinski definition) is 4. The smallest absolute Gasteiger partial charge is 0.189 e. The van der Waals surface area contributed by atoms with Crippen LogP contribution in [0.25, 0.3) is 0 Å². The van der Waals surface area contributed by atoms with E-state index in [1.807, 2.05) is 0 Å². The Morgan fingerprint density at radius 1 is 1.67 bits per heavy atom. The summed E-state index contributed by atoms with van der Waals surface area (Å²) in [5.74, 6) is 0.705. The van der Waals surface area contributed by atoms with Crippen molar-refractivity contribution >= 4 is 5.90 Å². The van der Waals surface area contributed by atoms with Gasteiger partial charge in [-0.05, 0) is 13.0 Å². The number of methoxy groups -OCH3 is 1. The first-order chi connectivity index (χ1) is 7.26. The molecule has 0 radical (unpaired) electrons. The molecule has 1 aliphatic rings. The van der Waals surface area contributed by atoms with Gasteiger partial charge >= 0.3 is 0 Å². The van der Waals surface area contributed by atoms with E-state index in [-0.39, 0.29) is 5.54 Å². The predicted molar refractivity (Wildman–Crippen MR) is 61.1 cm³/mol. The van der Waals surface area contributed by atoms with E-state index in [9.17, 15) is 0 Å². The molecule has 0 spiro atoms. The number of hydrogen-bond donors (Lipinski definition) is 1. The van der Waals surface area contributed by atoms with E-state index >= 15 is 0 Å². The fourth-order valence-corrected chi connectivity index (χ4v) is 1.57. The highest BCUT2D eigenvalue weighted by atomic mass is 16.5. The van der Waals surface area contributed by atoms with E-state index in [1.165, 1.54) is 6.20 Å². The summed E-state index contributed by atoms with van der Waals surface area (Å²) in [6.45, 7) is 8.17. The average Bonchev–Trinajstić information content (AvgIpc) is 2.20. The highest BCUT2D eigenvalue weighted by Crippen LogP contribution is 2.22. The molecule has 4 nitrogen and oxygen atoms in total. The van der Waals surface area contributed by atoms with Crippen LogP contribution in [0.2, 0.25) is 0 Å². The van der Waals surface area contributed by atoms with Gasteiger partial charge in [-0.1, -0.05) is 13.5 Å².